The molecule has 0 radical (unpaired) electrons. The summed E-state index contributed by atoms with van der Waals surface area (Å²) in [6, 6.07) is 5.41. The van der Waals surface area contributed by atoms with Crippen LogP contribution in [0.1, 0.15) is 26.3 Å². The lowest BCUT2D eigenvalue weighted by Crippen LogP contribution is -2.27. The molecule has 0 unspecified atom stereocenters. The van der Waals surface area contributed by atoms with E-state index >= 15 is 0 Å². The smallest absolute Gasteiger partial charge is 0.412 e. The molecule has 0 saturated heterocycles. The number of carbonyl (C=O) groups is 1. The predicted molar refractivity (Wildman–Crippen MR) is 75.6 cm³/mol. The van der Waals surface area contributed by atoms with E-state index in [-0.39, 0.29) is 0 Å². The topological polar surface area (TPSA) is 73.6 Å². The van der Waals surface area contributed by atoms with Gasteiger partial charge in [-0.1, -0.05) is 0 Å². The lowest BCUT2D eigenvalue weighted by atomic mass is 10.1. The second kappa shape index (κ2) is 6.43. The van der Waals surface area contributed by atoms with Gasteiger partial charge in [-0.2, -0.15) is 0 Å². The number of nitrogens with one attached hydrogen (secondary N) is 1. The number of anilines is 1. The zero-order valence-electron chi connectivity index (χ0n) is 11.9. The van der Waals surface area contributed by atoms with Crippen molar-refractivity contribution in [3.05, 3.63) is 23.8 Å². The lowest BCUT2D eigenvalue weighted by Gasteiger charge is -2.20. The molecular formula is C14H22N2O3. The number of rotatable bonds is 4. The fourth-order valence-corrected chi connectivity index (χ4v) is 1.63. The predicted octanol–water partition coefficient (Wildman–Crippen LogP) is 2.54. The lowest BCUT2D eigenvalue weighted by molar-refractivity contribution is 0.0636. The highest BCUT2D eigenvalue weighted by molar-refractivity contribution is 5.85. The summed E-state index contributed by atoms with van der Waals surface area (Å²) in [6.07, 6.45) is 0.212. The number of nitrogens with two attached hydrogens (primary N) is 1. The van der Waals surface area contributed by atoms with Crippen molar-refractivity contribution < 1.29 is 14.3 Å². The Bertz CT molecular complexity index is 439. The van der Waals surface area contributed by atoms with Gasteiger partial charge in [0, 0.05) is 5.69 Å². The van der Waals surface area contributed by atoms with Gasteiger partial charge in [-0.05, 0) is 57.5 Å². The highest BCUT2D eigenvalue weighted by Crippen LogP contribution is 2.23. The van der Waals surface area contributed by atoms with Gasteiger partial charge in [-0.15, -0.1) is 0 Å². The maximum absolute atomic E-state index is 11.7. The molecule has 0 spiro atoms. The Morgan fingerprint density at radius 1 is 1.37 bits per heavy atom. The van der Waals surface area contributed by atoms with E-state index in [1.807, 2.05) is 26.8 Å². The second-order valence-corrected chi connectivity index (χ2v) is 5.19. The van der Waals surface area contributed by atoms with Crippen molar-refractivity contribution in [2.45, 2.75) is 32.8 Å². The Balaban J connectivity index is 2.79. The fraction of sp³-hybridized carbons (Fsp3) is 0.500. The average molecular weight is 266 g/mol. The van der Waals surface area contributed by atoms with Gasteiger partial charge in [0.15, 0.2) is 0 Å². The van der Waals surface area contributed by atoms with Gasteiger partial charge in [0.05, 0.1) is 7.11 Å². The number of ether oxygens (including phenoxy) is 2. The Hall–Kier alpha value is -1.75. The molecule has 0 bridgehead atoms. The van der Waals surface area contributed by atoms with E-state index in [1.165, 1.54) is 0 Å². The second-order valence-electron chi connectivity index (χ2n) is 5.19. The zero-order valence-corrected chi connectivity index (χ0v) is 11.9. The molecule has 1 aromatic rings. The van der Waals surface area contributed by atoms with Crippen LogP contribution in [0.15, 0.2) is 18.2 Å². The van der Waals surface area contributed by atoms with E-state index in [0.717, 1.165) is 11.3 Å². The van der Waals surface area contributed by atoms with Gasteiger partial charge >= 0.3 is 6.09 Å². The molecule has 0 aliphatic heterocycles. The molecule has 0 fully saturated rings. The molecule has 5 heteroatoms. The van der Waals surface area contributed by atoms with Crippen LogP contribution < -0.4 is 15.8 Å². The van der Waals surface area contributed by atoms with Crippen molar-refractivity contribution in [2.75, 3.05) is 19.0 Å². The van der Waals surface area contributed by atoms with Gasteiger partial charge < -0.3 is 15.2 Å². The molecule has 0 aliphatic rings. The van der Waals surface area contributed by atoms with Crippen LogP contribution in [0.25, 0.3) is 0 Å². The molecule has 0 aromatic heterocycles. The molecule has 1 rings (SSSR count). The van der Waals surface area contributed by atoms with E-state index in [4.69, 9.17) is 15.2 Å². The summed E-state index contributed by atoms with van der Waals surface area (Å²) < 4.78 is 10.4. The Kier molecular flexibility index (Phi) is 5.18. The van der Waals surface area contributed by atoms with Gasteiger partial charge in [-0.25, -0.2) is 4.79 Å². The maximum atomic E-state index is 11.7. The van der Waals surface area contributed by atoms with Crippen LogP contribution in [-0.4, -0.2) is 25.3 Å². The molecule has 0 aliphatic carbocycles. The highest BCUT2D eigenvalue weighted by atomic mass is 16.6. The largest absolute Gasteiger partial charge is 0.496 e. The van der Waals surface area contributed by atoms with Crippen molar-refractivity contribution in [3.63, 3.8) is 0 Å². The minimum absolute atomic E-state index is 0.476. The number of hydrogen-bond donors (Lipinski definition) is 2. The van der Waals surface area contributed by atoms with E-state index in [9.17, 15) is 4.79 Å². The number of benzene rings is 1. The fourth-order valence-electron chi connectivity index (χ4n) is 1.63. The van der Waals surface area contributed by atoms with Crippen LogP contribution in [0.4, 0.5) is 10.5 Å². The monoisotopic (exact) mass is 266 g/mol. The average Bonchev–Trinajstić information content (AvgIpc) is 2.27. The van der Waals surface area contributed by atoms with Crippen molar-refractivity contribution >= 4 is 11.8 Å². The van der Waals surface area contributed by atoms with Crippen LogP contribution in [0.3, 0.4) is 0 Å². The van der Waals surface area contributed by atoms with Crippen molar-refractivity contribution in [2.24, 2.45) is 5.73 Å². The summed E-state index contributed by atoms with van der Waals surface area (Å²) in [4.78, 5) is 11.7. The Morgan fingerprint density at radius 3 is 2.58 bits per heavy atom. The third kappa shape index (κ3) is 5.18. The number of hydrogen-bond acceptors (Lipinski definition) is 4. The molecule has 1 amide bonds. The first kappa shape index (κ1) is 15.3. The maximum Gasteiger partial charge on any atom is 0.412 e. The first-order valence-corrected chi connectivity index (χ1v) is 6.22. The standard InChI is InChI=1S/C14H22N2O3/c1-14(2,3)19-13(17)16-11-5-6-12(18-4)10(9-11)7-8-15/h5-6,9H,7-8,15H2,1-4H3,(H,16,17). The summed E-state index contributed by atoms with van der Waals surface area (Å²) in [5.74, 6) is 0.764. The molecule has 106 valence electrons. The van der Waals surface area contributed by atoms with Crippen LogP contribution in [-0.2, 0) is 11.2 Å². The van der Waals surface area contributed by atoms with Gasteiger partial charge in [0.1, 0.15) is 11.4 Å². The quantitative estimate of drug-likeness (QED) is 0.878. The van der Waals surface area contributed by atoms with Crippen molar-refractivity contribution in [1.82, 2.24) is 0 Å². The molecule has 19 heavy (non-hydrogen) atoms. The van der Waals surface area contributed by atoms with Crippen LogP contribution >= 0.6 is 0 Å². The van der Waals surface area contributed by atoms with Gasteiger partial charge in [0.2, 0.25) is 0 Å². The van der Waals surface area contributed by atoms with Crippen molar-refractivity contribution in [1.29, 1.82) is 0 Å². The van der Waals surface area contributed by atoms with E-state index in [1.54, 1.807) is 19.2 Å². The highest BCUT2D eigenvalue weighted by Gasteiger charge is 2.16. The minimum atomic E-state index is -0.517. The SMILES string of the molecule is COc1ccc(NC(=O)OC(C)(C)C)cc1CCN. The summed E-state index contributed by atoms with van der Waals surface area (Å²) in [6.45, 7) is 5.98. The van der Waals surface area contributed by atoms with E-state index in [0.29, 0.717) is 18.7 Å². The summed E-state index contributed by atoms with van der Waals surface area (Å²) in [5.41, 5.74) is 6.66. The summed E-state index contributed by atoms with van der Waals surface area (Å²) in [7, 11) is 1.61. The molecule has 0 atom stereocenters. The van der Waals surface area contributed by atoms with Crippen molar-refractivity contribution in [3.8, 4) is 5.75 Å². The van der Waals surface area contributed by atoms with E-state index in [2.05, 4.69) is 5.32 Å². The minimum Gasteiger partial charge on any atom is -0.496 e. The first-order valence-electron chi connectivity index (χ1n) is 6.22. The Labute approximate surface area is 114 Å². The summed E-state index contributed by atoms with van der Waals surface area (Å²) in [5, 5.41) is 2.69. The molecule has 1 aromatic carbocycles. The zero-order chi connectivity index (χ0) is 14.5. The molecular weight excluding hydrogens is 244 g/mol. The van der Waals surface area contributed by atoms with Gasteiger partial charge in [-0.3, -0.25) is 5.32 Å². The van der Waals surface area contributed by atoms with Gasteiger partial charge in [0.25, 0.3) is 0 Å². The normalized spacial score (nSPS) is 11.0. The Morgan fingerprint density at radius 2 is 2.05 bits per heavy atom. The molecule has 0 saturated carbocycles. The third-order valence-electron chi connectivity index (χ3n) is 2.34. The number of amides is 1. The molecule has 5 nitrogen and oxygen atoms in total. The molecule has 0 heterocycles. The number of carbonyl (C=O) groups excluding carboxylic acids is 1. The van der Waals surface area contributed by atoms with Crippen LogP contribution in [0, 0.1) is 0 Å². The van der Waals surface area contributed by atoms with Crippen LogP contribution in [0.5, 0.6) is 5.75 Å². The molecule has 3 N–H and O–H groups in total. The third-order valence-corrected chi connectivity index (χ3v) is 2.34. The number of methoxy groups -OCH3 is 1. The van der Waals surface area contributed by atoms with E-state index < -0.39 is 11.7 Å². The van der Waals surface area contributed by atoms with Crippen LogP contribution in [0.2, 0.25) is 0 Å². The summed E-state index contributed by atoms with van der Waals surface area (Å²) >= 11 is 0. The first-order chi connectivity index (χ1) is 8.85.